The van der Waals surface area contributed by atoms with E-state index < -0.39 is 12.0 Å². The van der Waals surface area contributed by atoms with Gasteiger partial charge < -0.3 is 14.2 Å². The van der Waals surface area contributed by atoms with E-state index in [0.717, 1.165) is 16.7 Å². The Morgan fingerprint density at radius 3 is 2.53 bits per heavy atom. The summed E-state index contributed by atoms with van der Waals surface area (Å²) in [6, 6.07) is 18.9. The summed E-state index contributed by atoms with van der Waals surface area (Å²) in [5, 5.41) is 0. The van der Waals surface area contributed by atoms with Gasteiger partial charge in [-0.15, -0.1) is 0 Å². The first kappa shape index (κ1) is 30.0. The zero-order chi connectivity index (χ0) is 30.7. The smallest absolute Gasteiger partial charge is 0.338 e. The van der Waals surface area contributed by atoms with E-state index in [1.54, 1.807) is 48.8 Å². The summed E-state index contributed by atoms with van der Waals surface area (Å²) in [5.74, 6) is 0.484. The molecule has 222 valence electrons. The second-order valence-corrected chi connectivity index (χ2v) is 11.5. The molecule has 9 heteroatoms. The van der Waals surface area contributed by atoms with Gasteiger partial charge in [-0.25, -0.2) is 14.2 Å². The maximum Gasteiger partial charge on any atom is 0.338 e. The van der Waals surface area contributed by atoms with Gasteiger partial charge in [0.2, 0.25) is 0 Å². The number of carbonyl (C=O) groups is 1. The van der Waals surface area contributed by atoms with Crippen molar-refractivity contribution in [2.24, 2.45) is 4.99 Å². The van der Waals surface area contributed by atoms with Crippen LogP contribution in [0.4, 0.5) is 4.39 Å². The summed E-state index contributed by atoms with van der Waals surface area (Å²) in [4.78, 5) is 32.2. The molecule has 1 aromatic heterocycles. The Balaban J connectivity index is 1.54. The number of nitrogens with zero attached hydrogens (tertiary/aromatic N) is 2. The number of fused-ring (bicyclic) bond motifs is 1. The molecule has 0 fully saturated rings. The summed E-state index contributed by atoms with van der Waals surface area (Å²) in [5.41, 5.74) is 3.98. The molecule has 1 aliphatic heterocycles. The minimum Gasteiger partial charge on any atom is -0.493 e. The average Bonchev–Trinajstić information content (AvgIpc) is 3.29. The quantitative estimate of drug-likeness (QED) is 0.232. The maximum absolute atomic E-state index is 13.9. The van der Waals surface area contributed by atoms with E-state index in [1.165, 1.54) is 30.6 Å². The normalized spacial score (nSPS) is 14.9. The Kier molecular flexibility index (Phi) is 8.92. The van der Waals surface area contributed by atoms with Crippen molar-refractivity contribution in [1.29, 1.82) is 0 Å². The van der Waals surface area contributed by atoms with Crippen LogP contribution in [0.3, 0.4) is 0 Å². The minimum absolute atomic E-state index is 0.173. The summed E-state index contributed by atoms with van der Waals surface area (Å²) >= 11 is 1.26. The molecule has 0 N–H and O–H groups in total. The van der Waals surface area contributed by atoms with E-state index in [4.69, 9.17) is 14.2 Å². The summed E-state index contributed by atoms with van der Waals surface area (Å²) in [6.07, 6.45) is 1.77. The fraction of sp³-hybridized carbons (Fsp3) is 0.265. The molecule has 0 bridgehead atoms. The number of hydrogen-bond acceptors (Lipinski definition) is 7. The molecule has 0 amide bonds. The largest absolute Gasteiger partial charge is 0.493 e. The van der Waals surface area contributed by atoms with E-state index in [0.29, 0.717) is 43.6 Å². The molecule has 0 saturated carbocycles. The van der Waals surface area contributed by atoms with Crippen LogP contribution in [0.1, 0.15) is 61.9 Å². The summed E-state index contributed by atoms with van der Waals surface area (Å²) in [6.45, 7) is 8.14. The third kappa shape index (κ3) is 6.32. The Bertz CT molecular complexity index is 1870. The van der Waals surface area contributed by atoms with E-state index in [2.05, 4.69) is 18.8 Å². The van der Waals surface area contributed by atoms with Crippen molar-refractivity contribution in [2.45, 2.75) is 46.3 Å². The first-order valence-corrected chi connectivity index (χ1v) is 14.9. The zero-order valence-corrected chi connectivity index (χ0v) is 25.5. The van der Waals surface area contributed by atoms with Crippen molar-refractivity contribution in [1.82, 2.24) is 4.57 Å². The van der Waals surface area contributed by atoms with Crippen LogP contribution in [0.5, 0.6) is 11.5 Å². The lowest BCUT2D eigenvalue weighted by molar-refractivity contribution is -0.139. The van der Waals surface area contributed by atoms with Gasteiger partial charge in [0.25, 0.3) is 5.56 Å². The standard InChI is InChI=1S/C34H33FN2O5S/c1-6-41-33(39)30-21(4)36-34-37(31(30)25-13-11-24(12-14-25)20(2)3)32(38)29(43-34)18-22-10-15-27(28(17-22)40-5)42-19-23-8-7-9-26(35)16-23/h7-18,20,31H,6,19H2,1-5H3/b29-18+/t31-/m0/s1. The Labute approximate surface area is 253 Å². The van der Waals surface area contributed by atoms with Crippen molar-refractivity contribution >= 4 is 23.4 Å². The predicted molar refractivity (Wildman–Crippen MR) is 165 cm³/mol. The van der Waals surface area contributed by atoms with Crippen LogP contribution in [0.15, 0.2) is 87.8 Å². The van der Waals surface area contributed by atoms with Crippen LogP contribution >= 0.6 is 11.3 Å². The van der Waals surface area contributed by atoms with E-state index in [1.807, 2.05) is 30.3 Å². The van der Waals surface area contributed by atoms with Gasteiger partial charge in [0.1, 0.15) is 12.4 Å². The predicted octanol–water partition coefficient (Wildman–Crippen LogP) is 5.65. The first-order valence-electron chi connectivity index (χ1n) is 14.0. The van der Waals surface area contributed by atoms with Crippen LogP contribution in [0.25, 0.3) is 6.08 Å². The van der Waals surface area contributed by atoms with Crippen molar-refractivity contribution in [3.8, 4) is 11.5 Å². The summed E-state index contributed by atoms with van der Waals surface area (Å²) < 4.78 is 32.4. The molecular weight excluding hydrogens is 567 g/mol. The number of benzene rings is 3. The van der Waals surface area contributed by atoms with Gasteiger partial charge in [0.15, 0.2) is 16.3 Å². The van der Waals surface area contributed by atoms with Crippen molar-refractivity contribution in [2.75, 3.05) is 13.7 Å². The summed E-state index contributed by atoms with van der Waals surface area (Å²) in [7, 11) is 1.53. The third-order valence-electron chi connectivity index (χ3n) is 7.20. The van der Waals surface area contributed by atoms with Gasteiger partial charge in [0.05, 0.1) is 35.6 Å². The van der Waals surface area contributed by atoms with Gasteiger partial charge in [-0.05, 0) is 72.4 Å². The molecular formula is C34H33FN2O5S. The monoisotopic (exact) mass is 600 g/mol. The van der Waals surface area contributed by atoms with Crippen LogP contribution in [-0.4, -0.2) is 24.3 Å². The Morgan fingerprint density at radius 2 is 1.86 bits per heavy atom. The highest BCUT2D eigenvalue weighted by molar-refractivity contribution is 7.07. The van der Waals surface area contributed by atoms with E-state index in [9.17, 15) is 14.0 Å². The number of carbonyl (C=O) groups excluding carboxylic acids is 1. The molecule has 0 saturated heterocycles. The lowest BCUT2D eigenvalue weighted by atomic mass is 9.93. The average molecular weight is 601 g/mol. The third-order valence-corrected chi connectivity index (χ3v) is 8.19. The van der Waals surface area contributed by atoms with E-state index in [-0.39, 0.29) is 24.6 Å². The lowest BCUT2D eigenvalue weighted by Gasteiger charge is -2.25. The molecule has 0 spiro atoms. The van der Waals surface area contributed by atoms with Crippen molar-refractivity contribution in [3.05, 3.63) is 126 Å². The number of esters is 1. The number of methoxy groups -OCH3 is 1. The van der Waals surface area contributed by atoms with Crippen molar-refractivity contribution < 1.29 is 23.4 Å². The highest BCUT2D eigenvalue weighted by Gasteiger charge is 2.33. The van der Waals surface area contributed by atoms with Gasteiger partial charge in [0, 0.05) is 0 Å². The Morgan fingerprint density at radius 1 is 1.09 bits per heavy atom. The SMILES string of the molecule is CCOC(=O)C1=C(C)N=c2s/c(=C/c3ccc(OCc4cccc(F)c4)c(OC)c3)c(=O)n2[C@H]1c1ccc(C(C)C)cc1. The first-order chi connectivity index (χ1) is 20.7. The second kappa shape index (κ2) is 12.8. The molecule has 0 aliphatic carbocycles. The van der Waals surface area contributed by atoms with Gasteiger partial charge in [-0.3, -0.25) is 9.36 Å². The molecule has 3 aromatic carbocycles. The van der Waals surface area contributed by atoms with Crippen molar-refractivity contribution in [3.63, 3.8) is 0 Å². The number of rotatable bonds is 9. The number of aromatic nitrogens is 1. The number of ether oxygens (including phenoxy) is 3. The van der Waals surface area contributed by atoms with Crippen LogP contribution in [0.2, 0.25) is 0 Å². The molecule has 7 nitrogen and oxygen atoms in total. The number of hydrogen-bond donors (Lipinski definition) is 0. The molecule has 43 heavy (non-hydrogen) atoms. The van der Waals surface area contributed by atoms with Gasteiger partial charge in [-0.2, -0.15) is 0 Å². The second-order valence-electron chi connectivity index (χ2n) is 10.5. The molecule has 0 radical (unpaired) electrons. The van der Waals surface area contributed by atoms with Gasteiger partial charge in [-0.1, -0.05) is 67.6 Å². The van der Waals surface area contributed by atoms with Crippen LogP contribution < -0.4 is 24.4 Å². The zero-order valence-electron chi connectivity index (χ0n) is 24.7. The number of thiazole rings is 1. The van der Waals surface area contributed by atoms with Crippen LogP contribution in [-0.2, 0) is 16.1 Å². The lowest BCUT2D eigenvalue weighted by Crippen LogP contribution is -2.39. The molecule has 1 atom stereocenters. The highest BCUT2D eigenvalue weighted by atomic mass is 32.1. The van der Waals surface area contributed by atoms with E-state index >= 15 is 0 Å². The fourth-order valence-corrected chi connectivity index (χ4v) is 6.05. The Hall–Kier alpha value is -4.50. The van der Waals surface area contributed by atoms with Crippen LogP contribution in [0, 0.1) is 5.82 Å². The molecule has 4 aromatic rings. The maximum atomic E-state index is 13.9. The minimum atomic E-state index is -0.674. The number of allylic oxidation sites excluding steroid dienone is 1. The number of halogens is 1. The molecule has 5 rings (SSSR count). The molecule has 2 heterocycles. The molecule has 0 unspecified atom stereocenters. The van der Waals surface area contributed by atoms with Gasteiger partial charge >= 0.3 is 5.97 Å². The topological polar surface area (TPSA) is 79.1 Å². The molecule has 1 aliphatic rings. The fourth-order valence-electron chi connectivity index (χ4n) is 5.00. The highest BCUT2D eigenvalue weighted by Crippen LogP contribution is 2.32.